The Hall–Kier alpha value is -2.46. The number of benzene rings is 2. The van der Waals surface area contributed by atoms with Crippen LogP contribution in [-0.2, 0) is 19.6 Å². The largest absolute Gasteiger partial charge is 0.480 e. The molecule has 1 amide bonds. The monoisotopic (exact) mass is 479 g/mol. The summed E-state index contributed by atoms with van der Waals surface area (Å²) >= 11 is 5.89. The van der Waals surface area contributed by atoms with Crippen LogP contribution in [0.25, 0.3) is 11.1 Å². The molecule has 1 fully saturated rings. The zero-order valence-corrected chi connectivity index (χ0v) is 19.0. The predicted molar refractivity (Wildman–Crippen MR) is 122 cm³/mol. The first kappa shape index (κ1) is 24.2. The molecule has 1 aliphatic rings. The molecule has 3 rings (SSSR count). The maximum absolute atomic E-state index is 12.7. The molecule has 172 valence electrons. The number of carbonyl (C=O) groups is 2. The second-order valence-electron chi connectivity index (χ2n) is 7.63. The number of carboxylic acids is 1. The van der Waals surface area contributed by atoms with Crippen molar-refractivity contribution in [2.24, 2.45) is 0 Å². The molecule has 8 nitrogen and oxygen atoms in total. The van der Waals surface area contributed by atoms with Crippen LogP contribution in [0.3, 0.4) is 0 Å². The normalized spacial score (nSPS) is 17.1. The maximum Gasteiger partial charge on any atom is 0.321 e. The summed E-state index contributed by atoms with van der Waals surface area (Å²) in [6, 6.07) is 11.8. The molecule has 1 aliphatic heterocycles. The van der Waals surface area contributed by atoms with E-state index >= 15 is 0 Å². The summed E-state index contributed by atoms with van der Waals surface area (Å²) in [5.74, 6) is -1.38. The van der Waals surface area contributed by atoms with Gasteiger partial charge in [0.15, 0.2) is 0 Å². The smallest absolute Gasteiger partial charge is 0.321 e. The van der Waals surface area contributed by atoms with Gasteiger partial charge in [0.1, 0.15) is 6.04 Å². The second kappa shape index (κ2) is 10.9. The van der Waals surface area contributed by atoms with Crippen LogP contribution >= 0.6 is 11.6 Å². The molecule has 0 unspecified atom stereocenters. The van der Waals surface area contributed by atoms with Gasteiger partial charge in [-0.15, -0.1) is 0 Å². The summed E-state index contributed by atoms with van der Waals surface area (Å²) in [6.07, 6.45) is 2.10. The maximum atomic E-state index is 12.7. The van der Waals surface area contributed by atoms with Crippen molar-refractivity contribution in [1.29, 1.82) is 0 Å². The van der Waals surface area contributed by atoms with E-state index < -0.39 is 22.0 Å². The van der Waals surface area contributed by atoms with E-state index in [-0.39, 0.29) is 29.8 Å². The van der Waals surface area contributed by atoms with Gasteiger partial charge in [0, 0.05) is 11.6 Å². The first-order valence-corrected chi connectivity index (χ1v) is 12.2. The van der Waals surface area contributed by atoms with Gasteiger partial charge in [-0.3, -0.25) is 9.59 Å². The lowest BCUT2D eigenvalue weighted by Gasteiger charge is -2.16. The van der Waals surface area contributed by atoms with Gasteiger partial charge in [0.05, 0.1) is 10.9 Å². The van der Waals surface area contributed by atoms with Crippen molar-refractivity contribution in [3.8, 4) is 11.1 Å². The van der Waals surface area contributed by atoms with Crippen LogP contribution in [0.5, 0.6) is 0 Å². The Labute approximate surface area is 192 Å². The van der Waals surface area contributed by atoms with Crippen molar-refractivity contribution in [2.75, 3.05) is 13.1 Å². The molecule has 1 heterocycles. The van der Waals surface area contributed by atoms with Crippen molar-refractivity contribution in [3.05, 3.63) is 53.6 Å². The third-order valence-electron chi connectivity index (χ3n) is 5.28. The van der Waals surface area contributed by atoms with Crippen LogP contribution in [0.2, 0.25) is 5.02 Å². The van der Waals surface area contributed by atoms with Gasteiger partial charge in [-0.25, -0.2) is 8.42 Å². The van der Waals surface area contributed by atoms with Gasteiger partial charge in [0.25, 0.3) is 0 Å². The molecular weight excluding hydrogens is 454 g/mol. The lowest BCUT2D eigenvalue weighted by Crippen LogP contribution is -2.43. The van der Waals surface area contributed by atoms with E-state index in [9.17, 15) is 23.1 Å². The number of rotatable bonds is 10. The topological polar surface area (TPSA) is 125 Å². The third-order valence-corrected chi connectivity index (χ3v) is 7.02. The van der Waals surface area contributed by atoms with E-state index in [1.807, 2.05) is 12.1 Å². The number of hydrogen-bond donors (Lipinski definition) is 4. The minimum Gasteiger partial charge on any atom is -0.480 e. The Kier molecular flexibility index (Phi) is 8.25. The number of carboxylic acid groups (broad SMARTS) is 1. The molecule has 32 heavy (non-hydrogen) atoms. The molecule has 0 bridgehead atoms. The van der Waals surface area contributed by atoms with Crippen LogP contribution < -0.4 is 15.4 Å². The van der Waals surface area contributed by atoms with E-state index in [0.29, 0.717) is 11.4 Å². The summed E-state index contributed by atoms with van der Waals surface area (Å²) in [7, 11) is -4.03. The third kappa shape index (κ3) is 6.52. The minimum absolute atomic E-state index is 0.0259. The van der Waals surface area contributed by atoms with Crippen molar-refractivity contribution in [3.63, 3.8) is 0 Å². The highest BCUT2D eigenvalue weighted by atomic mass is 35.5. The standard InChI is InChI=1S/C22H26ClN3O5S/c23-17-9-5-15(6-10-17)16-7-11-18(12-8-16)32(30,31)26-20(22(28)29)4-2-14-25-21(27)19-3-1-13-24-19/h5-12,19-20,24,26H,1-4,13-14H2,(H,25,27)(H,28,29)/t19-,20-/m0/s1. The van der Waals surface area contributed by atoms with Crippen molar-refractivity contribution >= 4 is 33.5 Å². The highest BCUT2D eigenvalue weighted by Gasteiger charge is 2.26. The van der Waals surface area contributed by atoms with E-state index in [2.05, 4.69) is 15.4 Å². The zero-order valence-electron chi connectivity index (χ0n) is 17.4. The number of nitrogens with one attached hydrogen (secondary N) is 3. The Morgan fingerprint density at radius 1 is 1.09 bits per heavy atom. The molecular formula is C22H26ClN3O5S. The summed E-state index contributed by atoms with van der Waals surface area (Å²) in [4.78, 5) is 23.5. The van der Waals surface area contributed by atoms with Crippen molar-refractivity contribution in [2.45, 2.75) is 42.7 Å². The Balaban J connectivity index is 1.56. The Morgan fingerprint density at radius 2 is 1.72 bits per heavy atom. The zero-order chi connectivity index (χ0) is 23.1. The van der Waals surface area contributed by atoms with Crippen LogP contribution in [0.1, 0.15) is 25.7 Å². The fraction of sp³-hybridized carbons (Fsp3) is 0.364. The number of hydrogen-bond acceptors (Lipinski definition) is 5. The summed E-state index contributed by atoms with van der Waals surface area (Å²) < 4.78 is 27.6. The average Bonchev–Trinajstić information content (AvgIpc) is 3.31. The molecule has 4 N–H and O–H groups in total. The van der Waals surface area contributed by atoms with Crippen LogP contribution in [-0.4, -0.2) is 50.6 Å². The molecule has 0 radical (unpaired) electrons. The lowest BCUT2D eigenvalue weighted by atomic mass is 10.1. The van der Waals surface area contributed by atoms with Gasteiger partial charge < -0.3 is 15.7 Å². The van der Waals surface area contributed by atoms with Gasteiger partial charge in [0.2, 0.25) is 15.9 Å². The van der Waals surface area contributed by atoms with E-state index in [0.717, 1.165) is 30.5 Å². The van der Waals surface area contributed by atoms with Crippen molar-refractivity contribution < 1.29 is 23.1 Å². The highest BCUT2D eigenvalue weighted by molar-refractivity contribution is 7.89. The Morgan fingerprint density at radius 3 is 2.28 bits per heavy atom. The molecule has 0 aromatic heterocycles. The quantitative estimate of drug-likeness (QED) is 0.388. The number of halogens is 1. The molecule has 2 aromatic carbocycles. The Bertz CT molecular complexity index is 1040. The van der Waals surface area contributed by atoms with Crippen LogP contribution in [0.4, 0.5) is 0 Å². The average molecular weight is 480 g/mol. The summed E-state index contributed by atoms with van der Waals surface area (Å²) in [5, 5.41) is 15.9. The molecule has 0 aliphatic carbocycles. The molecule has 10 heteroatoms. The first-order chi connectivity index (χ1) is 15.3. The molecule has 0 spiro atoms. The van der Waals surface area contributed by atoms with Gasteiger partial charge in [-0.05, 0) is 67.6 Å². The summed E-state index contributed by atoms with van der Waals surface area (Å²) in [5.41, 5.74) is 1.69. The molecule has 0 saturated carbocycles. The molecule has 1 saturated heterocycles. The number of carbonyl (C=O) groups excluding carboxylic acids is 1. The fourth-order valence-electron chi connectivity index (χ4n) is 3.51. The van der Waals surface area contributed by atoms with Crippen LogP contribution in [0, 0.1) is 0 Å². The van der Waals surface area contributed by atoms with E-state index in [1.54, 1.807) is 24.3 Å². The summed E-state index contributed by atoms with van der Waals surface area (Å²) in [6.45, 7) is 1.08. The molecule has 2 atom stereocenters. The SMILES string of the molecule is O=C(O)[C@H](CCCNC(=O)[C@@H]1CCCN1)NS(=O)(=O)c1ccc(-c2ccc(Cl)cc2)cc1. The minimum atomic E-state index is -4.03. The lowest BCUT2D eigenvalue weighted by molar-refractivity contribution is -0.139. The van der Waals surface area contributed by atoms with Crippen LogP contribution in [0.15, 0.2) is 53.4 Å². The van der Waals surface area contributed by atoms with Gasteiger partial charge in [-0.2, -0.15) is 4.72 Å². The predicted octanol–water partition coefficient (Wildman–Crippen LogP) is 2.39. The van der Waals surface area contributed by atoms with E-state index in [1.165, 1.54) is 12.1 Å². The van der Waals surface area contributed by atoms with Gasteiger partial charge in [-0.1, -0.05) is 35.9 Å². The number of aliphatic carboxylic acids is 1. The van der Waals surface area contributed by atoms with Crippen molar-refractivity contribution in [1.82, 2.24) is 15.4 Å². The fourth-order valence-corrected chi connectivity index (χ4v) is 4.86. The number of amides is 1. The second-order valence-corrected chi connectivity index (χ2v) is 9.78. The molecule has 2 aromatic rings. The van der Waals surface area contributed by atoms with Gasteiger partial charge >= 0.3 is 5.97 Å². The number of sulfonamides is 1. The van der Waals surface area contributed by atoms with E-state index in [4.69, 9.17) is 11.6 Å². The highest BCUT2D eigenvalue weighted by Crippen LogP contribution is 2.23. The first-order valence-electron chi connectivity index (χ1n) is 10.4.